The van der Waals surface area contributed by atoms with Crippen LogP contribution in [-0.2, 0) is 9.53 Å². The van der Waals surface area contributed by atoms with Gasteiger partial charge in [-0.3, -0.25) is 4.79 Å². The average molecular weight is 369 g/mol. The fraction of sp³-hybridized carbons (Fsp3) is 0.133. The van der Waals surface area contributed by atoms with Gasteiger partial charge in [-0.2, -0.15) is 0 Å². The first kappa shape index (κ1) is 15.5. The summed E-state index contributed by atoms with van der Waals surface area (Å²) in [6.45, 7) is 0. The predicted molar refractivity (Wildman–Crippen MR) is 86.9 cm³/mol. The van der Waals surface area contributed by atoms with Crippen molar-refractivity contribution >= 4 is 29.8 Å². The molecule has 0 fully saturated rings. The van der Waals surface area contributed by atoms with Crippen LogP contribution < -0.4 is 0 Å². The monoisotopic (exact) mass is 369 g/mol. The van der Waals surface area contributed by atoms with Crippen LogP contribution in [0.25, 0.3) is 0 Å². The Morgan fingerprint density at radius 3 is 2.32 bits per heavy atom. The van der Waals surface area contributed by atoms with Crippen LogP contribution in [0.4, 0.5) is 0 Å². The molecule has 1 heterocycles. The molecule has 0 saturated carbocycles. The highest BCUT2D eigenvalue weighted by molar-refractivity contribution is 14.0. The van der Waals surface area contributed by atoms with Crippen molar-refractivity contribution in [2.75, 3.05) is 14.2 Å². The zero-order valence-electron chi connectivity index (χ0n) is 10.9. The molecule has 0 amide bonds. The molecule has 0 aromatic rings. The largest absolute Gasteiger partial charge is 0.493 e. The van der Waals surface area contributed by atoms with E-state index in [0.29, 0.717) is 5.76 Å². The van der Waals surface area contributed by atoms with Crippen LogP contribution in [0.1, 0.15) is 0 Å². The highest BCUT2D eigenvalue weighted by Gasteiger charge is 2.10. The molecule has 100 valence electrons. The molecule has 0 aromatic carbocycles. The van der Waals surface area contributed by atoms with Crippen LogP contribution >= 0.6 is 24.0 Å². The third kappa shape index (κ3) is 4.24. The summed E-state index contributed by atoms with van der Waals surface area (Å²) >= 11 is 0. The molecule has 0 bridgehead atoms. The Morgan fingerprint density at radius 2 is 1.68 bits per heavy atom. The maximum absolute atomic E-state index is 11.4. The summed E-state index contributed by atoms with van der Waals surface area (Å²) in [7, 11) is 3.48. The van der Waals surface area contributed by atoms with Gasteiger partial charge in [0.25, 0.3) is 0 Å². The summed E-state index contributed by atoms with van der Waals surface area (Å²) < 4.78 is 5.00. The number of allylic oxidation sites excluding steroid dienone is 9. The van der Waals surface area contributed by atoms with E-state index in [4.69, 9.17) is 4.74 Å². The standard InChI is InChI=1S/C15H15NO2.HI/c1-16-9-7-12(8-10-16)3-4-13-5-6-14(17)15(11-13)18-2;/h3-11H,1-2H3;1H/b13-4+;. The average Bonchev–Trinajstić information content (AvgIpc) is 2.39. The third-order valence-corrected chi connectivity index (χ3v) is 2.66. The van der Waals surface area contributed by atoms with Gasteiger partial charge in [-0.1, -0.05) is 18.2 Å². The van der Waals surface area contributed by atoms with Crippen molar-refractivity contribution in [3.8, 4) is 0 Å². The molecule has 3 nitrogen and oxygen atoms in total. The fourth-order valence-corrected chi connectivity index (χ4v) is 1.60. The fourth-order valence-electron chi connectivity index (χ4n) is 1.60. The molecule has 1 aliphatic carbocycles. The smallest absolute Gasteiger partial charge is 0.220 e. The number of methoxy groups -OCH3 is 1. The van der Waals surface area contributed by atoms with Gasteiger partial charge in [0.1, 0.15) is 0 Å². The first-order valence-corrected chi connectivity index (χ1v) is 5.67. The Hall–Kier alpha value is -1.56. The van der Waals surface area contributed by atoms with Gasteiger partial charge in [0.15, 0.2) is 5.76 Å². The molecule has 1 aliphatic heterocycles. The van der Waals surface area contributed by atoms with Gasteiger partial charge >= 0.3 is 0 Å². The second-order valence-electron chi connectivity index (χ2n) is 4.04. The lowest BCUT2D eigenvalue weighted by molar-refractivity contribution is -0.114. The molecule has 0 aromatic heterocycles. The molecule has 2 rings (SSSR count). The first-order valence-electron chi connectivity index (χ1n) is 5.67. The molecule has 0 unspecified atom stereocenters. The molecule has 0 spiro atoms. The Balaban J connectivity index is 0.00000180. The zero-order valence-corrected chi connectivity index (χ0v) is 13.2. The van der Waals surface area contributed by atoms with Crippen LogP contribution in [0.15, 0.2) is 71.8 Å². The summed E-state index contributed by atoms with van der Waals surface area (Å²) in [5.74, 6) is 0.276. The van der Waals surface area contributed by atoms with Gasteiger partial charge in [-0.05, 0) is 35.5 Å². The van der Waals surface area contributed by atoms with Crippen LogP contribution in [0.5, 0.6) is 0 Å². The summed E-state index contributed by atoms with van der Waals surface area (Å²) in [5.41, 5.74) is 2.05. The second-order valence-corrected chi connectivity index (χ2v) is 4.04. The second kappa shape index (κ2) is 7.13. The van der Waals surface area contributed by atoms with Crippen molar-refractivity contribution in [2.24, 2.45) is 0 Å². The SMILES string of the molecule is COC1=C/C(=C/C=C2C=CN(C)C=C2)C=CC1=O.I. The normalized spacial score (nSPS) is 19.4. The van der Waals surface area contributed by atoms with E-state index in [1.165, 1.54) is 13.2 Å². The van der Waals surface area contributed by atoms with Gasteiger partial charge in [-0.15, -0.1) is 24.0 Å². The lowest BCUT2D eigenvalue weighted by atomic mass is 10.1. The topological polar surface area (TPSA) is 29.5 Å². The van der Waals surface area contributed by atoms with E-state index >= 15 is 0 Å². The molecule has 0 N–H and O–H groups in total. The molecule has 19 heavy (non-hydrogen) atoms. The number of halogens is 1. The highest BCUT2D eigenvalue weighted by atomic mass is 127. The van der Waals surface area contributed by atoms with Crippen LogP contribution in [-0.4, -0.2) is 24.8 Å². The number of rotatable bonds is 2. The molecule has 0 atom stereocenters. The highest BCUT2D eigenvalue weighted by Crippen LogP contribution is 2.15. The van der Waals surface area contributed by atoms with Crippen molar-refractivity contribution in [2.45, 2.75) is 0 Å². The minimum Gasteiger partial charge on any atom is -0.493 e. The van der Waals surface area contributed by atoms with Crippen molar-refractivity contribution in [1.82, 2.24) is 4.90 Å². The minimum atomic E-state index is -0.0959. The van der Waals surface area contributed by atoms with E-state index in [-0.39, 0.29) is 29.8 Å². The number of ketones is 1. The summed E-state index contributed by atoms with van der Waals surface area (Å²) in [6.07, 6.45) is 17.0. The van der Waals surface area contributed by atoms with E-state index in [9.17, 15) is 4.79 Å². The Kier molecular flexibility index (Phi) is 5.82. The summed E-state index contributed by atoms with van der Waals surface area (Å²) in [6, 6.07) is 0. The van der Waals surface area contributed by atoms with Crippen molar-refractivity contribution < 1.29 is 9.53 Å². The number of carbonyl (C=O) groups is 1. The maximum Gasteiger partial charge on any atom is 0.220 e. The van der Waals surface area contributed by atoms with Gasteiger partial charge < -0.3 is 9.64 Å². The Bertz CT molecular complexity index is 520. The van der Waals surface area contributed by atoms with Crippen LogP contribution in [0.2, 0.25) is 0 Å². The lowest BCUT2D eigenvalue weighted by Gasteiger charge is -2.11. The molecule has 4 heteroatoms. The molecule has 0 radical (unpaired) electrons. The number of hydrogen-bond donors (Lipinski definition) is 0. The van der Waals surface area contributed by atoms with Crippen LogP contribution in [0.3, 0.4) is 0 Å². The van der Waals surface area contributed by atoms with Crippen molar-refractivity contribution in [3.63, 3.8) is 0 Å². The lowest BCUT2D eigenvalue weighted by Crippen LogP contribution is -2.04. The molecular weight excluding hydrogens is 353 g/mol. The summed E-state index contributed by atoms with van der Waals surface area (Å²) in [4.78, 5) is 13.3. The van der Waals surface area contributed by atoms with Gasteiger partial charge in [0.05, 0.1) is 7.11 Å². The third-order valence-electron chi connectivity index (χ3n) is 2.66. The van der Waals surface area contributed by atoms with E-state index in [1.807, 2.05) is 48.7 Å². The Labute approximate surface area is 130 Å². The quantitative estimate of drug-likeness (QED) is 0.701. The molecule has 2 aliphatic rings. The molecule has 0 saturated heterocycles. The van der Waals surface area contributed by atoms with Gasteiger partial charge in [0.2, 0.25) is 5.78 Å². The van der Waals surface area contributed by atoms with Gasteiger partial charge in [0, 0.05) is 19.4 Å². The summed E-state index contributed by atoms with van der Waals surface area (Å²) in [5, 5.41) is 0. The minimum absolute atomic E-state index is 0. The van der Waals surface area contributed by atoms with E-state index in [2.05, 4.69) is 0 Å². The van der Waals surface area contributed by atoms with E-state index in [0.717, 1.165) is 11.1 Å². The number of ether oxygens (including phenoxy) is 1. The van der Waals surface area contributed by atoms with Crippen LogP contribution in [0, 0.1) is 0 Å². The van der Waals surface area contributed by atoms with E-state index in [1.54, 1.807) is 12.2 Å². The first-order chi connectivity index (χ1) is 8.69. The number of carbonyl (C=O) groups excluding carboxylic acids is 1. The number of nitrogens with zero attached hydrogens (tertiary/aromatic N) is 1. The van der Waals surface area contributed by atoms with Gasteiger partial charge in [-0.25, -0.2) is 0 Å². The zero-order chi connectivity index (χ0) is 13.0. The van der Waals surface area contributed by atoms with Crippen molar-refractivity contribution in [3.05, 3.63) is 71.8 Å². The molecular formula is C15H16INO2. The predicted octanol–water partition coefficient (Wildman–Crippen LogP) is 3.10. The number of hydrogen-bond acceptors (Lipinski definition) is 3. The Morgan fingerprint density at radius 1 is 1.05 bits per heavy atom. The maximum atomic E-state index is 11.4. The van der Waals surface area contributed by atoms with Crippen molar-refractivity contribution in [1.29, 1.82) is 0 Å². The van der Waals surface area contributed by atoms with E-state index < -0.39 is 0 Å².